The number of nitrogen functional groups attached to an aromatic ring is 1. The maximum Gasteiger partial charge on any atom is 0.280 e. The van der Waals surface area contributed by atoms with Crippen molar-refractivity contribution in [3.63, 3.8) is 0 Å². The smallest absolute Gasteiger partial charge is 0.280 e. The molecule has 1 atom stereocenters. The number of imidazole rings is 1. The van der Waals surface area contributed by atoms with Crippen LogP contribution in [-0.2, 0) is 16.3 Å². The van der Waals surface area contributed by atoms with Crippen LogP contribution in [0.4, 0.5) is 5.95 Å². The monoisotopic (exact) mass is 323 g/mol. The Morgan fingerprint density at radius 2 is 2.30 bits per heavy atom. The number of H-pyrrole nitrogens is 1. The van der Waals surface area contributed by atoms with E-state index in [1.165, 1.54) is 6.33 Å². The van der Waals surface area contributed by atoms with Crippen LogP contribution in [0.3, 0.4) is 0 Å². The molecule has 4 N–H and O–H groups in total. The van der Waals surface area contributed by atoms with Crippen molar-refractivity contribution in [3.05, 3.63) is 16.7 Å². The Morgan fingerprint density at radius 1 is 1.57 bits per heavy atom. The van der Waals surface area contributed by atoms with E-state index >= 15 is 0 Å². The molecule has 0 unspecified atom stereocenters. The van der Waals surface area contributed by atoms with Gasteiger partial charge in [0.05, 0.1) is 18.9 Å². The summed E-state index contributed by atoms with van der Waals surface area (Å²) in [5.74, 6) is -1.23. The van der Waals surface area contributed by atoms with E-state index in [0.717, 1.165) is 0 Å². The van der Waals surface area contributed by atoms with Crippen molar-refractivity contribution in [2.45, 2.75) is 26.6 Å². The lowest BCUT2D eigenvalue weighted by atomic mass is 10.1. The lowest BCUT2D eigenvalue weighted by Crippen LogP contribution is -2.49. The minimum atomic E-state index is -1.14. The first-order valence-electron chi connectivity index (χ1n) is 7.12. The molecule has 0 aliphatic rings. The number of nitrogens with two attached hydrogens (primary N) is 1. The zero-order valence-electron chi connectivity index (χ0n) is 12.9. The Kier molecular flexibility index (Phi) is 5.29. The Hall–Kier alpha value is -2.46. The number of carbonyl (C=O) groups excluding carboxylic acids is 1. The van der Waals surface area contributed by atoms with Crippen molar-refractivity contribution in [1.82, 2.24) is 24.8 Å². The summed E-state index contributed by atoms with van der Waals surface area (Å²) < 4.78 is 6.97. The maximum atomic E-state index is 11.6. The number of nitrogens with zero attached hydrogens (tertiary/aromatic N) is 3. The molecule has 0 radical (unpaired) electrons. The first-order valence-corrected chi connectivity index (χ1v) is 7.12. The summed E-state index contributed by atoms with van der Waals surface area (Å²) in [7, 11) is 0. The maximum absolute atomic E-state index is 11.6. The second-order valence-electron chi connectivity index (χ2n) is 5.37. The molecule has 2 aromatic rings. The van der Waals surface area contributed by atoms with Gasteiger partial charge in [0.2, 0.25) is 5.95 Å². The van der Waals surface area contributed by atoms with Crippen LogP contribution >= 0.6 is 0 Å². The predicted molar refractivity (Wildman–Crippen MR) is 80.1 cm³/mol. The topological polar surface area (TPSA) is 151 Å². The zero-order chi connectivity index (χ0) is 17.0. The highest BCUT2D eigenvalue weighted by molar-refractivity contribution is 5.71. The number of aliphatic carboxylic acids is 1. The Morgan fingerprint density at radius 3 is 2.96 bits per heavy atom. The molecule has 0 saturated carbocycles. The summed E-state index contributed by atoms with van der Waals surface area (Å²) in [5.41, 5.74) is 5.59. The number of aromatic amines is 1. The highest BCUT2D eigenvalue weighted by Crippen LogP contribution is 2.06. The van der Waals surface area contributed by atoms with Crippen LogP contribution in [0.1, 0.15) is 13.8 Å². The molecule has 126 valence electrons. The number of rotatable bonds is 8. The van der Waals surface area contributed by atoms with E-state index < -0.39 is 17.6 Å². The van der Waals surface area contributed by atoms with Crippen molar-refractivity contribution >= 4 is 23.1 Å². The summed E-state index contributed by atoms with van der Waals surface area (Å²) in [4.78, 5) is 32.9. The molecule has 0 aliphatic heterocycles. The summed E-state index contributed by atoms with van der Waals surface area (Å²) in [6, 6.07) is -0.729. The van der Waals surface area contributed by atoms with Crippen LogP contribution in [0.5, 0.6) is 0 Å². The van der Waals surface area contributed by atoms with Gasteiger partial charge in [-0.2, -0.15) is 4.98 Å². The number of aromatic nitrogens is 4. The molecule has 0 aliphatic carbocycles. The molecule has 0 amide bonds. The average molecular weight is 323 g/mol. The number of carboxylic acids is 1. The highest BCUT2D eigenvalue weighted by Gasteiger charge is 2.13. The molecule has 0 bridgehead atoms. The Bertz CT molecular complexity index is 738. The van der Waals surface area contributed by atoms with Crippen LogP contribution in [-0.4, -0.2) is 44.7 Å². The number of carboxylic acid groups (broad SMARTS) is 1. The third kappa shape index (κ3) is 4.05. The molecule has 2 heterocycles. The van der Waals surface area contributed by atoms with Gasteiger partial charge in [-0.1, -0.05) is 13.8 Å². The fourth-order valence-electron chi connectivity index (χ4n) is 2.11. The molecule has 0 fully saturated rings. The van der Waals surface area contributed by atoms with Crippen molar-refractivity contribution in [2.24, 2.45) is 5.92 Å². The zero-order valence-corrected chi connectivity index (χ0v) is 12.9. The van der Waals surface area contributed by atoms with Crippen molar-refractivity contribution in [2.75, 3.05) is 18.9 Å². The van der Waals surface area contributed by atoms with Gasteiger partial charge in [0.25, 0.3) is 5.56 Å². The van der Waals surface area contributed by atoms with Gasteiger partial charge in [0.1, 0.15) is 6.73 Å². The first-order chi connectivity index (χ1) is 10.9. The second kappa shape index (κ2) is 7.20. The number of nitrogens with one attached hydrogen (secondary N) is 2. The Balaban J connectivity index is 1.88. The van der Waals surface area contributed by atoms with Gasteiger partial charge in [-0.15, -0.1) is 0 Å². The quantitative estimate of drug-likeness (QED) is 0.474. The normalized spacial score (nSPS) is 12.8. The van der Waals surface area contributed by atoms with E-state index in [4.69, 9.17) is 10.5 Å². The molecule has 10 heteroatoms. The minimum Gasteiger partial charge on any atom is -0.548 e. The fraction of sp³-hybridized carbons (Fsp3) is 0.538. The van der Waals surface area contributed by atoms with E-state index in [-0.39, 0.29) is 30.7 Å². The van der Waals surface area contributed by atoms with Gasteiger partial charge in [-0.3, -0.25) is 14.3 Å². The van der Waals surface area contributed by atoms with Crippen molar-refractivity contribution < 1.29 is 14.6 Å². The minimum absolute atomic E-state index is 0.000324. The summed E-state index contributed by atoms with van der Waals surface area (Å²) in [5, 5.41) is 13.8. The highest BCUT2D eigenvalue weighted by atomic mass is 16.5. The van der Waals surface area contributed by atoms with E-state index in [0.29, 0.717) is 12.2 Å². The number of carbonyl (C=O) groups is 1. The number of fused-ring (bicyclic) bond motifs is 1. The van der Waals surface area contributed by atoms with Crippen LogP contribution in [0, 0.1) is 5.92 Å². The van der Waals surface area contributed by atoms with Gasteiger partial charge in [-0.25, -0.2) is 4.98 Å². The number of hydrogen-bond donors (Lipinski definition) is 3. The molecule has 2 aromatic heterocycles. The molecule has 0 saturated heterocycles. The van der Waals surface area contributed by atoms with E-state index in [1.807, 2.05) is 0 Å². The van der Waals surface area contributed by atoms with Crippen LogP contribution in [0.2, 0.25) is 0 Å². The van der Waals surface area contributed by atoms with E-state index in [1.54, 1.807) is 18.4 Å². The van der Waals surface area contributed by atoms with Crippen molar-refractivity contribution in [1.29, 1.82) is 0 Å². The van der Waals surface area contributed by atoms with Crippen LogP contribution < -0.4 is 21.7 Å². The molecule has 0 spiro atoms. The van der Waals surface area contributed by atoms with Crippen LogP contribution in [0.25, 0.3) is 11.2 Å². The largest absolute Gasteiger partial charge is 0.548 e. The van der Waals surface area contributed by atoms with Gasteiger partial charge in [0, 0.05) is 12.6 Å². The standard InChI is InChI=1S/C13H20N6O4/c1-7(2)8(12(21)22)15-3-4-23-6-19-5-16-9-10(19)17-13(14)18-11(9)20/h5,7-8,15H,3-4,6H2,1-2H3,(H,21,22)(H3,14,17,18,20)/p-1/t8-/m0/s1. The molecule has 0 aromatic carbocycles. The Labute approximate surface area is 131 Å². The van der Waals surface area contributed by atoms with E-state index in [9.17, 15) is 14.7 Å². The summed E-state index contributed by atoms with van der Waals surface area (Å²) >= 11 is 0. The predicted octanol–water partition coefficient (Wildman–Crippen LogP) is -1.96. The lowest BCUT2D eigenvalue weighted by Gasteiger charge is -2.23. The van der Waals surface area contributed by atoms with E-state index in [2.05, 4.69) is 20.3 Å². The molecule has 2 rings (SSSR count). The number of hydrogen-bond acceptors (Lipinski definition) is 8. The first kappa shape index (κ1) is 16.9. The van der Waals surface area contributed by atoms with Gasteiger partial charge >= 0.3 is 0 Å². The van der Waals surface area contributed by atoms with Crippen molar-refractivity contribution in [3.8, 4) is 0 Å². The molecular formula is C13H19N6O4-. The van der Waals surface area contributed by atoms with Gasteiger partial charge in [-0.05, 0) is 5.92 Å². The SMILES string of the molecule is CC(C)[C@H](NCCOCn1cnc2c(=O)[nH]c(N)nc21)C(=O)[O-]. The average Bonchev–Trinajstić information content (AvgIpc) is 2.85. The van der Waals surface area contributed by atoms with Gasteiger partial charge < -0.3 is 25.7 Å². The lowest BCUT2D eigenvalue weighted by molar-refractivity contribution is -0.309. The van der Waals surface area contributed by atoms with Gasteiger partial charge in [0.15, 0.2) is 11.2 Å². The summed E-state index contributed by atoms with van der Waals surface area (Å²) in [6.45, 7) is 4.32. The second-order valence-corrected chi connectivity index (χ2v) is 5.37. The number of anilines is 1. The number of ether oxygens (including phenoxy) is 1. The summed E-state index contributed by atoms with van der Waals surface area (Å²) in [6.07, 6.45) is 1.43. The third-order valence-corrected chi connectivity index (χ3v) is 3.25. The third-order valence-electron chi connectivity index (χ3n) is 3.25. The molecule has 10 nitrogen and oxygen atoms in total. The van der Waals surface area contributed by atoms with Crippen LogP contribution in [0.15, 0.2) is 11.1 Å². The molecule has 23 heavy (non-hydrogen) atoms. The molecular weight excluding hydrogens is 304 g/mol. The fourth-order valence-corrected chi connectivity index (χ4v) is 2.11.